The molecule has 1 aliphatic heterocycles. The van der Waals surface area contributed by atoms with Crippen molar-refractivity contribution in [3.8, 4) is 0 Å². The van der Waals surface area contributed by atoms with E-state index in [1.54, 1.807) is 0 Å². The van der Waals surface area contributed by atoms with Crippen LogP contribution in [0.3, 0.4) is 0 Å². The van der Waals surface area contributed by atoms with Crippen molar-refractivity contribution in [1.29, 1.82) is 0 Å². The number of halogens is 1. The number of hydrogen-bond donors (Lipinski definition) is 1. The summed E-state index contributed by atoms with van der Waals surface area (Å²) in [6, 6.07) is 0. The average molecular weight is 275 g/mol. The van der Waals surface area contributed by atoms with E-state index in [9.17, 15) is 10.1 Å². The van der Waals surface area contributed by atoms with Crippen LogP contribution >= 0.6 is 23.4 Å². The summed E-state index contributed by atoms with van der Waals surface area (Å²) in [7, 11) is 0. The minimum Gasteiger partial charge on any atom is -0.364 e. The summed E-state index contributed by atoms with van der Waals surface area (Å²) in [6.07, 6.45) is 2.26. The summed E-state index contributed by atoms with van der Waals surface area (Å²) in [6.45, 7) is 0.682. The topological polar surface area (TPSA) is 81.0 Å². The van der Waals surface area contributed by atoms with Crippen molar-refractivity contribution < 1.29 is 4.92 Å². The Morgan fingerprint density at radius 3 is 3.18 bits per heavy atom. The first-order valence-electron chi connectivity index (χ1n) is 5.15. The number of anilines is 1. The van der Waals surface area contributed by atoms with E-state index in [2.05, 4.69) is 15.3 Å². The van der Waals surface area contributed by atoms with Crippen LogP contribution < -0.4 is 5.32 Å². The SMILES string of the molecule is O=[N+]([O-])c1cnc(Cl)nc1NCC1CCSC1. The van der Waals surface area contributed by atoms with Crippen LogP contribution in [0.25, 0.3) is 0 Å². The minimum absolute atomic E-state index is 0.0129. The van der Waals surface area contributed by atoms with E-state index in [4.69, 9.17) is 11.6 Å². The highest BCUT2D eigenvalue weighted by Gasteiger charge is 2.20. The maximum atomic E-state index is 10.8. The molecule has 1 aliphatic rings. The zero-order valence-electron chi connectivity index (χ0n) is 8.93. The number of rotatable bonds is 4. The van der Waals surface area contributed by atoms with Crippen LogP contribution in [-0.2, 0) is 0 Å². The molecule has 0 spiro atoms. The monoisotopic (exact) mass is 274 g/mol. The van der Waals surface area contributed by atoms with Gasteiger partial charge in [0.05, 0.1) is 4.92 Å². The van der Waals surface area contributed by atoms with Gasteiger partial charge in [-0.1, -0.05) is 0 Å². The molecule has 17 heavy (non-hydrogen) atoms. The summed E-state index contributed by atoms with van der Waals surface area (Å²) in [5.41, 5.74) is -0.139. The lowest BCUT2D eigenvalue weighted by atomic mass is 10.1. The lowest BCUT2D eigenvalue weighted by Gasteiger charge is -2.10. The van der Waals surface area contributed by atoms with Crippen LogP contribution in [-0.4, -0.2) is 32.9 Å². The van der Waals surface area contributed by atoms with Gasteiger partial charge in [0, 0.05) is 6.54 Å². The van der Waals surface area contributed by atoms with Gasteiger partial charge in [0.2, 0.25) is 11.1 Å². The maximum Gasteiger partial charge on any atom is 0.329 e. The summed E-state index contributed by atoms with van der Waals surface area (Å²) in [4.78, 5) is 17.7. The first kappa shape index (κ1) is 12.4. The molecule has 1 unspecified atom stereocenters. The van der Waals surface area contributed by atoms with Crippen molar-refractivity contribution in [3.05, 3.63) is 21.6 Å². The van der Waals surface area contributed by atoms with Crippen LogP contribution in [0.2, 0.25) is 5.28 Å². The Labute approximate surface area is 107 Å². The molecule has 0 aromatic carbocycles. The number of nitro groups is 1. The fourth-order valence-corrected chi connectivity index (χ4v) is 3.02. The number of nitrogens with zero attached hydrogens (tertiary/aromatic N) is 3. The van der Waals surface area contributed by atoms with E-state index in [1.807, 2.05) is 11.8 Å². The second kappa shape index (κ2) is 5.50. The Kier molecular flexibility index (Phi) is 4.01. The first-order valence-corrected chi connectivity index (χ1v) is 6.68. The largest absolute Gasteiger partial charge is 0.364 e. The smallest absolute Gasteiger partial charge is 0.329 e. The fraction of sp³-hybridized carbons (Fsp3) is 0.556. The molecule has 8 heteroatoms. The molecule has 1 aromatic rings. The molecule has 1 atom stereocenters. The van der Waals surface area contributed by atoms with Gasteiger partial charge in [-0.3, -0.25) is 10.1 Å². The molecule has 0 radical (unpaired) electrons. The molecule has 1 aromatic heterocycles. The molecule has 2 heterocycles. The lowest BCUT2D eigenvalue weighted by molar-refractivity contribution is -0.384. The molecule has 0 amide bonds. The third-order valence-corrected chi connectivity index (χ3v) is 3.93. The van der Waals surface area contributed by atoms with E-state index in [1.165, 1.54) is 0 Å². The molecule has 1 N–H and O–H groups in total. The van der Waals surface area contributed by atoms with Gasteiger partial charge in [-0.25, -0.2) is 4.98 Å². The molecule has 0 saturated carbocycles. The van der Waals surface area contributed by atoms with Crippen LogP contribution in [0.1, 0.15) is 6.42 Å². The van der Waals surface area contributed by atoms with E-state index in [-0.39, 0.29) is 16.8 Å². The van der Waals surface area contributed by atoms with Crippen LogP contribution in [0.15, 0.2) is 6.20 Å². The number of nitrogens with one attached hydrogen (secondary N) is 1. The lowest BCUT2D eigenvalue weighted by Crippen LogP contribution is -2.15. The highest BCUT2D eigenvalue weighted by Crippen LogP contribution is 2.26. The Morgan fingerprint density at radius 1 is 1.71 bits per heavy atom. The molecule has 0 bridgehead atoms. The molecule has 1 saturated heterocycles. The number of aromatic nitrogens is 2. The van der Waals surface area contributed by atoms with E-state index < -0.39 is 4.92 Å². The van der Waals surface area contributed by atoms with Gasteiger partial charge in [0.25, 0.3) is 0 Å². The standard InChI is InChI=1S/C9H11ClN4O2S/c10-9-12-4-7(14(15)16)8(13-9)11-3-6-1-2-17-5-6/h4,6H,1-3,5H2,(H,11,12,13). The zero-order valence-corrected chi connectivity index (χ0v) is 10.5. The van der Waals surface area contributed by atoms with E-state index in [0.717, 1.165) is 24.1 Å². The molecule has 92 valence electrons. The second-order valence-electron chi connectivity index (χ2n) is 3.74. The van der Waals surface area contributed by atoms with Crippen molar-refractivity contribution in [2.45, 2.75) is 6.42 Å². The molecule has 1 fully saturated rings. The summed E-state index contributed by atoms with van der Waals surface area (Å²) in [5, 5.41) is 13.8. The van der Waals surface area contributed by atoms with Gasteiger partial charge in [-0.2, -0.15) is 16.7 Å². The predicted molar refractivity (Wildman–Crippen MR) is 67.6 cm³/mol. The van der Waals surface area contributed by atoms with E-state index >= 15 is 0 Å². The average Bonchev–Trinajstić information content (AvgIpc) is 2.78. The van der Waals surface area contributed by atoms with Gasteiger partial charge in [0.15, 0.2) is 0 Å². The quantitative estimate of drug-likeness (QED) is 0.515. The molecular weight excluding hydrogens is 264 g/mol. The third kappa shape index (κ3) is 3.19. The van der Waals surface area contributed by atoms with Crippen LogP contribution in [0, 0.1) is 16.0 Å². The Hall–Kier alpha value is -1.08. The summed E-state index contributed by atoms with van der Waals surface area (Å²) in [5.74, 6) is 2.97. The van der Waals surface area contributed by atoms with Crippen molar-refractivity contribution >= 4 is 34.9 Å². The van der Waals surface area contributed by atoms with E-state index in [0.29, 0.717) is 12.5 Å². The van der Waals surface area contributed by atoms with Crippen molar-refractivity contribution in [2.24, 2.45) is 5.92 Å². The third-order valence-electron chi connectivity index (χ3n) is 2.52. The molecule has 2 rings (SSSR count). The maximum absolute atomic E-state index is 10.8. The van der Waals surface area contributed by atoms with Gasteiger partial charge in [-0.05, 0) is 35.4 Å². The van der Waals surface area contributed by atoms with Crippen molar-refractivity contribution in [2.75, 3.05) is 23.4 Å². The van der Waals surface area contributed by atoms with Crippen molar-refractivity contribution in [3.63, 3.8) is 0 Å². The molecule has 6 nitrogen and oxygen atoms in total. The highest BCUT2D eigenvalue weighted by molar-refractivity contribution is 7.99. The fourth-order valence-electron chi connectivity index (χ4n) is 1.60. The highest BCUT2D eigenvalue weighted by atomic mass is 35.5. The molecular formula is C9H11ClN4O2S. The predicted octanol–water partition coefficient (Wildman–Crippen LogP) is 2.20. The number of hydrogen-bond acceptors (Lipinski definition) is 6. The minimum atomic E-state index is -0.512. The van der Waals surface area contributed by atoms with Gasteiger partial charge in [0.1, 0.15) is 6.20 Å². The summed E-state index contributed by atoms with van der Waals surface area (Å²) < 4.78 is 0. The van der Waals surface area contributed by atoms with Gasteiger partial charge >= 0.3 is 5.69 Å². The Morgan fingerprint density at radius 2 is 2.53 bits per heavy atom. The van der Waals surface area contributed by atoms with Gasteiger partial charge < -0.3 is 5.32 Å². The Bertz CT molecular complexity index is 425. The first-order chi connectivity index (χ1) is 8.16. The Balaban J connectivity index is 2.07. The van der Waals surface area contributed by atoms with Gasteiger partial charge in [-0.15, -0.1) is 0 Å². The normalized spacial score (nSPS) is 19.2. The summed E-state index contributed by atoms with van der Waals surface area (Å²) >= 11 is 7.53. The van der Waals surface area contributed by atoms with Crippen LogP contribution in [0.5, 0.6) is 0 Å². The van der Waals surface area contributed by atoms with Crippen molar-refractivity contribution in [1.82, 2.24) is 9.97 Å². The second-order valence-corrected chi connectivity index (χ2v) is 5.23. The molecule has 0 aliphatic carbocycles. The number of thioether (sulfide) groups is 1. The zero-order chi connectivity index (χ0) is 12.3. The van der Waals surface area contributed by atoms with Crippen LogP contribution in [0.4, 0.5) is 11.5 Å².